The van der Waals surface area contributed by atoms with Crippen molar-refractivity contribution in [2.24, 2.45) is 11.8 Å². The number of allylic oxidation sites excluding steroid dienone is 2. The van der Waals surface area contributed by atoms with Gasteiger partial charge in [0.15, 0.2) is 5.78 Å². The number of nitriles is 1. The third kappa shape index (κ3) is 2.12. The molecule has 1 unspecified atom stereocenters. The molecule has 129 valence electrons. The van der Waals surface area contributed by atoms with Crippen LogP contribution in [0.5, 0.6) is 0 Å². The molecule has 0 spiro atoms. The number of hydrogen-bond acceptors (Lipinski definition) is 4. The van der Waals surface area contributed by atoms with Gasteiger partial charge in [0, 0.05) is 19.0 Å². The Morgan fingerprint density at radius 2 is 2.12 bits per heavy atom. The smallest absolute Gasteiger partial charge is 0.247 e. The van der Waals surface area contributed by atoms with E-state index in [1.807, 2.05) is 37.3 Å². The Labute approximate surface area is 151 Å². The molecule has 26 heavy (non-hydrogen) atoms. The molecule has 0 aliphatic heterocycles. The molecule has 1 radical (unpaired) electrons. The molecule has 0 N–H and O–H groups in total. The lowest BCUT2D eigenvalue weighted by atomic mass is 9.54. The zero-order valence-corrected chi connectivity index (χ0v) is 14.5. The number of hydrogen-bond donors (Lipinski definition) is 0. The van der Waals surface area contributed by atoms with Gasteiger partial charge in [0.2, 0.25) is 5.91 Å². The van der Waals surface area contributed by atoms with Gasteiger partial charge in [0.25, 0.3) is 0 Å². The summed E-state index contributed by atoms with van der Waals surface area (Å²) in [6.45, 7) is 5.34. The third-order valence-electron chi connectivity index (χ3n) is 5.77. The van der Waals surface area contributed by atoms with Gasteiger partial charge in [0.05, 0.1) is 16.7 Å². The Bertz CT molecular complexity index is 980. The summed E-state index contributed by atoms with van der Waals surface area (Å²) in [6.07, 6.45) is 5.04. The normalized spacial score (nSPS) is 27.1. The zero-order valence-electron chi connectivity index (χ0n) is 14.5. The van der Waals surface area contributed by atoms with Gasteiger partial charge < -0.3 is 0 Å². The molecule has 1 aromatic carbocycles. The SMILES string of the molecule is [CH2]C(=O)n1cc2c(n1)[C@@]1(c3ccccc3)C=C(C#N)C(=O)[C@@H](C)C1CC2. The van der Waals surface area contributed by atoms with E-state index in [4.69, 9.17) is 0 Å². The van der Waals surface area contributed by atoms with Gasteiger partial charge in [-0.2, -0.15) is 10.4 Å². The summed E-state index contributed by atoms with van der Waals surface area (Å²) >= 11 is 0. The molecular formula is C21H18N3O2. The number of ketones is 1. The van der Waals surface area contributed by atoms with Crippen molar-refractivity contribution in [1.29, 1.82) is 5.26 Å². The minimum atomic E-state index is -0.687. The Morgan fingerprint density at radius 1 is 1.38 bits per heavy atom. The van der Waals surface area contributed by atoms with Crippen molar-refractivity contribution in [3.63, 3.8) is 0 Å². The van der Waals surface area contributed by atoms with Crippen LogP contribution in [-0.4, -0.2) is 21.5 Å². The molecule has 4 rings (SSSR count). The lowest BCUT2D eigenvalue weighted by molar-refractivity contribution is -0.121. The summed E-state index contributed by atoms with van der Waals surface area (Å²) in [4.78, 5) is 24.4. The summed E-state index contributed by atoms with van der Waals surface area (Å²) in [6, 6.07) is 11.9. The van der Waals surface area contributed by atoms with Crippen LogP contribution in [0.1, 0.15) is 35.0 Å². The average Bonchev–Trinajstić information content (AvgIpc) is 3.10. The second kappa shape index (κ2) is 5.77. The van der Waals surface area contributed by atoms with Gasteiger partial charge in [-0.1, -0.05) is 37.3 Å². The standard InChI is InChI=1S/C21H18N3O2/c1-13-18-9-8-15-12-24(14(2)25)23-20(15)21(18,10-16(11-22)19(13)26)17-6-4-3-5-7-17/h3-7,10,12-13,18H,2,8-9H2,1H3/t13-,18?,21+/m0/s1. The van der Waals surface area contributed by atoms with Crippen LogP contribution in [-0.2, 0) is 16.6 Å². The largest absolute Gasteiger partial charge is 0.293 e. The van der Waals surface area contributed by atoms with E-state index in [9.17, 15) is 14.9 Å². The van der Waals surface area contributed by atoms with E-state index < -0.39 is 11.3 Å². The molecule has 2 aliphatic carbocycles. The van der Waals surface area contributed by atoms with Crippen LogP contribution in [0.4, 0.5) is 0 Å². The molecule has 1 aromatic heterocycles. The monoisotopic (exact) mass is 344 g/mol. The highest BCUT2D eigenvalue weighted by molar-refractivity contribution is 6.02. The molecule has 1 heterocycles. The quantitative estimate of drug-likeness (QED) is 0.797. The van der Waals surface area contributed by atoms with Crippen molar-refractivity contribution in [2.45, 2.75) is 25.2 Å². The molecule has 5 heteroatoms. The van der Waals surface area contributed by atoms with Crippen LogP contribution in [0.3, 0.4) is 0 Å². The fraction of sp³-hybridized carbons (Fsp3) is 0.286. The molecule has 2 aliphatic rings. The molecule has 0 amide bonds. The number of fused-ring (bicyclic) bond motifs is 3. The van der Waals surface area contributed by atoms with Gasteiger partial charge in [-0.05, 0) is 36.0 Å². The predicted octanol–water partition coefficient (Wildman–Crippen LogP) is 2.87. The van der Waals surface area contributed by atoms with Crippen molar-refractivity contribution in [1.82, 2.24) is 9.78 Å². The van der Waals surface area contributed by atoms with Crippen LogP contribution in [0, 0.1) is 30.1 Å². The molecule has 0 saturated heterocycles. The zero-order chi connectivity index (χ0) is 18.5. The minimum absolute atomic E-state index is 0.00901. The topological polar surface area (TPSA) is 75.8 Å². The van der Waals surface area contributed by atoms with Crippen LogP contribution in [0.25, 0.3) is 0 Å². The first-order valence-electron chi connectivity index (χ1n) is 8.67. The molecule has 2 aromatic rings. The fourth-order valence-corrected chi connectivity index (χ4v) is 4.56. The maximum absolute atomic E-state index is 12.6. The Hall–Kier alpha value is -3.00. The maximum atomic E-state index is 12.6. The van der Waals surface area contributed by atoms with Crippen molar-refractivity contribution in [3.8, 4) is 6.07 Å². The van der Waals surface area contributed by atoms with Gasteiger partial charge in [-0.15, -0.1) is 0 Å². The average molecular weight is 344 g/mol. The lowest BCUT2D eigenvalue weighted by Crippen LogP contribution is -2.48. The van der Waals surface area contributed by atoms with Crippen molar-refractivity contribution in [3.05, 3.63) is 71.9 Å². The number of aromatic nitrogens is 2. The predicted molar refractivity (Wildman–Crippen MR) is 95.1 cm³/mol. The molecule has 3 atom stereocenters. The van der Waals surface area contributed by atoms with Crippen LogP contribution in [0.2, 0.25) is 0 Å². The van der Waals surface area contributed by atoms with E-state index in [0.29, 0.717) is 0 Å². The summed E-state index contributed by atoms with van der Waals surface area (Å²) in [7, 11) is 0. The number of carbonyl (C=O) groups is 2. The first-order valence-corrected chi connectivity index (χ1v) is 8.67. The van der Waals surface area contributed by atoms with Gasteiger partial charge >= 0.3 is 0 Å². The highest BCUT2D eigenvalue weighted by Gasteiger charge is 2.53. The van der Waals surface area contributed by atoms with Crippen molar-refractivity contribution in [2.75, 3.05) is 0 Å². The van der Waals surface area contributed by atoms with Crippen molar-refractivity contribution >= 4 is 11.7 Å². The number of rotatable bonds is 1. The van der Waals surface area contributed by atoms with Gasteiger partial charge in [0.1, 0.15) is 6.07 Å². The second-order valence-electron chi connectivity index (χ2n) is 7.04. The first-order chi connectivity index (χ1) is 12.5. The minimum Gasteiger partial charge on any atom is -0.293 e. The Morgan fingerprint density at radius 3 is 2.77 bits per heavy atom. The molecule has 0 saturated carbocycles. The molecule has 0 fully saturated rings. The fourth-order valence-electron chi connectivity index (χ4n) is 4.56. The van der Waals surface area contributed by atoms with E-state index in [-0.39, 0.29) is 23.2 Å². The lowest BCUT2D eigenvalue weighted by Gasteiger charge is -2.46. The van der Waals surface area contributed by atoms with Gasteiger partial charge in [-0.3, -0.25) is 9.59 Å². The number of Topliss-reactive ketones (excluding diaryl/α,β-unsaturated/α-hetero) is 1. The first kappa shape index (κ1) is 16.5. The molecule has 0 bridgehead atoms. The second-order valence-corrected chi connectivity index (χ2v) is 7.04. The summed E-state index contributed by atoms with van der Waals surface area (Å²) < 4.78 is 1.26. The van der Waals surface area contributed by atoms with E-state index in [0.717, 1.165) is 29.7 Å². The summed E-state index contributed by atoms with van der Waals surface area (Å²) in [5.41, 5.74) is 2.19. The summed E-state index contributed by atoms with van der Waals surface area (Å²) in [5, 5.41) is 14.1. The summed E-state index contributed by atoms with van der Waals surface area (Å²) in [5.74, 6) is -0.808. The number of carbonyl (C=O) groups excluding carboxylic acids is 2. The van der Waals surface area contributed by atoms with Crippen molar-refractivity contribution < 1.29 is 9.59 Å². The molecule has 5 nitrogen and oxygen atoms in total. The highest BCUT2D eigenvalue weighted by Crippen LogP contribution is 2.53. The van der Waals surface area contributed by atoms with Crippen LogP contribution >= 0.6 is 0 Å². The maximum Gasteiger partial charge on any atom is 0.247 e. The number of aryl methyl sites for hydroxylation is 1. The van der Waals surface area contributed by atoms with E-state index >= 15 is 0 Å². The van der Waals surface area contributed by atoms with Gasteiger partial charge in [-0.25, -0.2) is 4.68 Å². The number of benzene rings is 1. The van der Waals surface area contributed by atoms with E-state index in [1.54, 1.807) is 12.3 Å². The van der Waals surface area contributed by atoms with E-state index in [1.165, 1.54) is 4.68 Å². The Kier molecular flexibility index (Phi) is 3.66. The van der Waals surface area contributed by atoms with Crippen LogP contribution in [0.15, 0.2) is 48.2 Å². The molecular weight excluding hydrogens is 326 g/mol. The van der Waals surface area contributed by atoms with E-state index in [2.05, 4.69) is 18.1 Å². The highest BCUT2D eigenvalue weighted by atomic mass is 16.2. The third-order valence-corrected chi connectivity index (χ3v) is 5.77. The Balaban J connectivity index is 2.07. The number of nitrogens with zero attached hydrogens (tertiary/aromatic N) is 3. The van der Waals surface area contributed by atoms with Crippen LogP contribution < -0.4 is 0 Å².